The topological polar surface area (TPSA) is 340 Å². The predicted molar refractivity (Wildman–Crippen MR) is 357 cm³/mol. The van der Waals surface area contributed by atoms with Crippen LogP contribution in [-0.4, -0.2) is 278 Å². The summed E-state index contributed by atoms with van der Waals surface area (Å²) in [6.45, 7) is 20.1. The number of nitrogens with two attached hydrogens (primary N) is 1. The summed E-state index contributed by atoms with van der Waals surface area (Å²) in [5.41, 5.74) is 5.71. The van der Waals surface area contributed by atoms with Crippen LogP contribution in [0.3, 0.4) is 0 Å². The number of unbranched alkanes of at least 4 members (excludes halogenated alkanes) is 2. The van der Waals surface area contributed by atoms with Crippen molar-refractivity contribution in [2.24, 2.45) is 11.7 Å². The number of primary amides is 1. The summed E-state index contributed by atoms with van der Waals surface area (Å²) in [6.07, 6.45) is 5.91. The van der Waals surface area contributed by atoms with Gasteiger partial charge in [-0.15, -0.1) is 11.8 Å². The minimum absolute atomic E-state index is 0.0201. The third-order valence-electron chi connectivity index (χ3n) is 12.3. The van der Waals surface area contributed by atoms with Crippen LogP contribution in [0.5, 0.6) is 0 Å². The molecule has 0 radical (unpaired) electrons. The lowest BCUT2D eigenvalue weighted by atomic mass is 9.95. The number of hydrogen-bond acceptors (Lipinski definition) is 26. The Morgan fingerprint density at radius 2 is 0.848 bits per heavy atom. The molecule has 538 valence electrons. The molecular formula is C61H113N5O22S4. The molecule has 4 atom stereocenters. The van der Waals surface area contributed by atoms with Gasteiger partial charge in [0.05, 0.1) is 196 Å². The largest absolute Gasteiger partial charge is 0.379 e. The van der Waals surface area contributed by atoms with Crippen LogP contribution in [-0.2, 0) is 105 Å². The number of amides is 5. The van der Waals surface area contributed by atoms with Crippen molar-refractivity contribution in [2.45, 2.75) is 127 Å². The van der Waals surface area contributed by atoms with E-state index >= 15 is 0 Å². The van der Waals surface area contributed by atoms with Gasteiger partial charge >= 0.3 is 0 Å². The van der Waals surface area contributed by atoms with Crippen LogP contribution in [0, 0.1) is 5.92 Å². The van der Waals surface area contributed by atoms with Crippen LogP contribution in [0.1, 0.15) is 105 Å². The van der Waals surface area contributed by atoms with Crippen LogP contribution in [0.2, 0.25) is 0 Å². The first kappa shape index (κ1) is 89.2. The van der Waals surface area contributed by atoms with E-state index in [9.17, 15) is 38.4 Å². The molecule has 0 aromatic carbocycles. The fourth-order valence-electron chi connectivity index (χ4n) is 7.58. The molecule has 0 fully saturated rings. The Balaban J connectivity index is 3.94. The van der Waals surface area contributed by atoms with Crippen molar-refractivity contribution in [3.63, 3.8) is 0 Å². The van der Waals surface area contributed by atoms with E-state index in [1.54, 1.807) is 10.8 Å². The molecule has 0 aliphatic heterocycles. The van der Waals surface area contributed by atoms with Gasteiger partial charge in [0.15, 0.2) is 5.78 Å². The van der Waals surface area contributed by atoms with E-state index in [4.69, 9.17) is 72.0 Å². The monoisotopic (exact) mass is 1400 g/mol. The normalized spacial score (nSPS) is 12.9. The zero-order valence-electron chi connectivity index (χ0n) is 55.7. The number of ketones is 3. The third kappa shape index (κ3) is 62.0. The van der Waals surface area contributed by atoms with E-state index in [2.05, 4.69) is 54.7 Å². The van der Waals surface area contributed by atoms with Gasteiger partial charge in [-0.05, 0) is 25.5 Å². The highest BCUT2D eigenvalue weighted by atomic mass is 33.1. The molecule has 0 rings (SSSR count). The Kier molecular flexibility index (Phi) is 62.3. The molecule has 0 bridgehead atoms. The number of Topliss-reactive ketones (excluding diaryl/α,β-unsaturated/α-hetero) is 3. The quantitative estimate of drug-likeness (QED) is 0.0220. The highest BCUT2D eigenvalue weighted by Crippen LogP contribution is 2.36. The summed E-state index contributed by atoms with van der Waals surface area (Å²) in [4.78, 5) is 98.0. The van der Waals surface area contributed by atoms with E-state index in [0.717, 1.165) is 0 Å². The smallest absolute Gasteiger partial charge is 0.243 e. The minimum atomic E-state index is -0.825. The molecule has 0 aliphatic rings. The summed E-state index contributed by atoms with van der Waals surface area (Å²) in [5.74, 6) is -2.02. The first-order valence-corrected chi connectivity index (χ1v) is 36.1. The van der Waals surface area contributed by atoms with Crippen molar-refractivity contribution >= 4 is 92.9 Å². The van der Waals surface area contributed by atoms with Gasteiger partial charge in [-0.3, -0.25) is 38.4 Å². The molecule has 0 heterocycles. The maximum Gasteiger partial charge on any atom is 0.243 e. The summed E-state index contributed by atoms with van der Waals surface area (Å²) >= 11 is 5.53. The Hall–Kier alpha value is -2.80. The number of rotatable bonds is 70. The number of hydrogen-bond donors (Lipinski definition) is 6. The Morgan fingerprint density at radius 1 is 0.446 bits per heavy atom. The number of carbonyl (C=O) groups excluding carboxylic acids is 8. The first-order chi connectivity index (χ1) is 44.4. The third-order valence-corrected chi connectivity index (χ3v) is 16.9. The van der Waals surface area contributed by atoms with Gasteiger partial charge < -0.3 is 93.3 Å². The average Bonchev–Trinajstić information content (AvgIpc) is 2.43. The molecule has 27 nitrogen and oxygen atoms in total. The van der Waals surface area contributed by atoms with Crippen molar-refractivity contribution in [1.82, 2.24) is 21.3 Å². The summed E-state index contributed by atoms with van der Waals surface area (Å²) < 4.78 is 77.3. The summed E-state index contributed by atoms with van der Waals surface area (Å²) in [6, 6.07) is -1.55. The number of carbonyl (C=O) groups is 8. The number of nitrogens with one attached hydrogen (secondary N) is 4. The lowest BCUT2D eigenvalue weighted by molar-refractivity contribution is -0.130. The highest BCUT2D eigenvalue weighted by molar-refractivity contribution is 8.77. The van der Waals surface area contributed by atoms with E-state index in [0.29, 0.717) is 202 Å². The second kappa shape index (κ2) is 64.2. The molecular weight excluding hydrogens is 1280 g/mol. The summed E-state index contributed by atoms with van der Waals surface area (Å²) in [7, 11) is 3.09. The van der Waals surface area contributed by atoms with Crippen LogP contribution < -0.4 is 27.0 Å². The zero-order valence-corrected chi connectivity index (χ0v) is 59.1. The van der Waals surface area contributed by atoms with Gasteiger partial charge in [0.2, 0.25) is 29.5 Å². The van der Waals surface area contributed by atoms with Gasteiger partial charge in [-0.1, -0.05) is 55.2 Å². The molecule has 31 heteroatoms. The van der Waals surface area contributed by atoms with Crippen molar-refractivity contribution in [3.8, 4) is 0 Å². The average molecular weight is 1400 g/mol. The molecule has 0 saturated heterocycles. The number of thioether (sulfide) groups is 1. The van der Waals surface area contributed by atoms with Crippen LogP contribution in [0.4, 0.5) is 0 Å². The molecule has 92 heavy (non-hydrogen) atoms. The molecule has 0 aromatic heterocycles. The molecule has 5 amide bonds. The van der Waals surface area contributed by atoms with E-state index in [-0.39, 0.29) is 122 Å². The molecule has 6 N–H and O–H groups in total. The number of thiol groups is 1. The van der Waals surface area contributed by atoms with Crippen molar-refractivity contribution in [3.05, 3.63) is 0 Å². The van der Waals surface area contributed by atoms with Crippen molar-refractivity contribution < 1.29 is 105 Å². The standard InChI is InChI=1S/C61H113N5O22S4/c1-49(67)64-55(47-89)60(74)63-16-20-78-24-22-76-18-14-52(69)11-8-7-9-13-54(56(71)45-51(59(62)73)48-91-92-61(3,4)5)66-57(72)15-19-77-23-26-80-28-30-82-32-34-84-36-38-86-40-42-88-44-43-87-41-39-85-37-35-83-33-31-81-29-27-79-25-21-75-17-10-12-53(70)46-58(90-6)65-50(2)68/h51,54-55,58,89H,7-48H2,1-6H3,(H2,62,73)(H,63,74)(H,64,67)(H,65,68)(H,66,72). The van der Waals surface area contributed by atoms with Crippen molar-refractivity contribution in [1.29, 1.82) is 0 Å². The predicted octanol–water partition coefficient (Wildman–Crippen LogP) is 3.36. The van der Waals surface area contributed by atoms with Gasteiger partial charge in [0.25, 0.3) is 0 Å². The van der Waals surface area contributed by atoms with Crippen LogP contribution >= 0.6 is 46.0 Å². The van der Waals surface area contributed by atoms with E-state index in [1.807, 2.05) is 6.26 Å². The van der Waals surface area contributed by atoms with Gasteiger partial charge in [-0.2, -0.15) is 12.6 Å². The first-order valence-electron chi connectivity index (χ1n) is 31.9. The molecule has 4 unspecified atom stereocenters. The van der Waals surface area contributed by atoms with Crippen LogP contribution in [0.25, 0.3) is 0 Å². The maximum absolute atomic E-state index is 13.6. The van der Waals surface area contributed by atoms with Crippen LogP contribution in [0.15, 0.2) is 0 Å². The maximum atomic E-state index is 13.6. The molecule has 0 spiro atoms. The summed E-state index contributed by atoms with van der Waals surface area (Å²) in [5, 5.41) is 10.6. The lowest BCUT2D eigenvalue weighted by Gasteiger charge is -2.21. The fraction of sp³-hybridized carbons (Fsp3) is 0.869. The SMILES string of the molecule is CSC(CC(=O)CCCOCCOCCOCCOCCOCCOCCOCCOCCOCCOCCOCCOCCC(=O)NC(CCCCCC(=O)CCOCCOCCNC(=O)C(CS)NC(C)=O)C(=O)CC(CSSC(C)(C)C)C(N)=O)NC(C)=O. The Labute approximate surface area is 564 Å². The Bertz CT molecular complexity index is 1890. The second-order valence-corrected chi connectivity index (χ2v) is 26.2. The highest BCUT2D eigenvalue weighted by Gasteiger charge is 2.27. The van der Waals surface area contributed by atoms with Gasteiger partial charge in [-0.25, -0.2) is 0 Å². The lowest BCUT2D eigenvalue weighted by Crippen LogP contribution is -2.48. The van der Waals surface area contributed by atoms with E-state index in [1.165, 1.54) is 36.4 Å². The fourth-order valence-corrected chi connectivity index (χ4v) is 11.1. The Morgan fingerprint density at radius 3 is 1.25 bits per heavy atom. The number of ether oxygens (including phenoxy) is 14. The van der Waals surface area contributed by atoms with Gasteiger partial charge in [0.1, 0.15) is 17.6 Å². The zero-order chi connectivity index (χ0) is 68.0. The van der Waals surface area contributed by atoms with Gasteiger partial charge in [0, 0.05) is 81.8 Å². The minimum Gasteiger partial charge on any atom is -0.379 e. The second-order valence-electron chi connectivity index (χ2n) is 21.6. The van der Waals surface area contributed by atoms with Crippen molar-refractivity contribution in [2.75, 3.05) is 209 Å². The molecule has 0 saturated carbocycles. The van der Waals surface area contributed by atoms with E-state index < -0.39 is 23.9 Å². The molecule has 0 aliphatic carbocycles. The molecule has 0 aromatic rings.